The van der Waals surface area contributed by atoms with Crippen molar-refractivity contribution in [2.45, 2.75) is 72.1 Å². The Morgan fingerprint density at radius 1 is 1.40 bits per heavy atom. The fourth-order valence-corrected chi connectivity index (χ4v) is 2.10. The van der Waals surface area contributed by atoms with Gasteiger partial charge in [-0.05, 0) is 46.2 Å². The number of carbonyl (C=O) groups excluding carboxylic acids is 1. The lowest BCUT2D eigenvalue weighted by atomic mass is 10.1. The average Bonchev–Trinajstić information content (AvgIpc) is 2.72. The van der Waals surface area contributed by atoms with Gasteiger partial charge in [-0.15, -0.1) is 0 Å². The molecule has 1 atom stereocenters. The molecule has 0 fully saturated rings. The van der Waals surface area contributed by atoms with Crippen molar-refractivity contribution in [2.24, 2.45) is 0 Å². The molecule has 0 aliphatic carbocycles. The number of hydrogen-bond donors (Lipinski definition) is 2. The van der Waals surface area contributed by atoms with Crippen LogP contribution in [0.1, 0.15) is 53.2 Å². The van der Waals surface area contributed by atoms with E-state index in [0.29, 0.717) is 6.54 Å². The van der Waals surface area contributed by atoms with Gasteiger partial charge in [-0.1, -0.05) is 13.3 Å². The summed E-state index contributed by atoms with van der Waals surface area (Å²) in [5.41, 5.74) is 1.21. The maximum Gasteiger partial charge on any atom is 0.240 e. The standard InChI is InChI=1S/C16H29N3O/c1-6-8-13(2)18-15(20)12-19-10-7-9-14(19)11-17-16(3,4)5/h7,9-10,13,17H,6,8,11-12H2,1-5H3,(H,18,20). The van der Waals surface area contributed by atoms with Crippen LogP contribution in [0, 0.1) is 0 Å². The third-order valence-electron chi connectivity index (χ3n) is 3.17. The highest BCUT2D eigenvalue weighted by Crippen LogP contribution is 2.06. The van der Waals surface area contributed by atoms with Crippen LogP contribution >= 0.6 is 0 Å². The molecule has 1 aromatic rings. The summed E-state index contributed by atoms with van der Waals surface area (Å²) in [6.07, 6.45) is 4.07. The minimum Gasteiger partial charge on any atom is -0.352 e. The highest BCUT2D eigenvalue weighted by molar-refractivity contribution is 5.76. The van der Waals surface area contributed by atoms with Crippen LogP contribution in [-0.4, -0.2) is 22.1 Å². The van der Waals surface area contributed by atoms with Crippen LogP contribution in [0.4, 0.5) is 0 Å². The monoisotopic (exact) mass is 279 g/mol. The maximum atomic E-state index is 12.0. The van der Waals surface area contributed by atoms with E-state index in [4.69, 9.17) is 0 Å². The zero-order valence-corrected chi connectivity index (χ0v) is 13.5. The summed E-state index contributed by atoms with van der Waals surface area (Å²) in [6, 6.07) is 4.29. The van der Waals surface area contributed by atoms with Gasteiger partial charge < -0.3 is 15.2 Å². The molecule has 20 heavy (non-hydrogen) atoms. The first-order valence-electron chi connectivity index (χ1n) is 7.50. The zero-order chi connectivity index (χ0) is 15.2. The number of carbonyl (C=O) groups is 1. The van der Waals surface area contributed by atoms with Crippen LogP contribution in [0.5, 0.6) is 0 Å². The fraction of sp³-hybridized carbons (Fsp3) is 0.688. The molecule has 1 aromatic heterocycles. The number of nitrogens with zero attached hydrogens (tertiary/aromatic N) is 1. The summed E-state index contributed by atoms with van der Waals surface area (Å²) < 4.78 is 2.01. The summed E-state index contributed by atoms with van der Waals surface area (Å²) in [5.74, 6) is 0.0826. The zero-order valence-electron chi connectivity index (χ0n) is 13.5. The van der Waals surface area contributed by atoms with Crippen LogP contribution in [0.2, 0.25) is 0 Å². The lowest BCUT2D eigenvalue weighted by Gasteiger charge is -2.21. The Morgan fingerprint density at radius 3 is 2.70 bits per heavy atom. The van der Waals surface area contributed by atoms with Crippen molar-refractivity contribution >= 4 is 5.91 Å². The summed E-state index contributed by atoms with van der Waals surface area (Å²) in [7, 11) is 0. The second-order valence-corrected chi connectivity index (χ2v) is 6.49. The van der Waals surface area contributed by atoms with Crippen LogP contribution < -0.4 is 10.6 Å². The van der Waals surface area contributed by atoms with Crippen molar-refractivity contribution < 1.29 is 4.79 Å². The molecule has 2 N–H and O–H groups in total. The van der Waals surface area contributed by atoms with Crippen molar-refractivity contribution in [3.8, 4) is 0 Å². The first-order chi connectivity index (χ1) is 9.31. The molecular formula is C16H29N3O. The molecule has 0 saturated carbocycles. The van der Waals surface area contributed by atoms with E-state index < -0.39 is 0 Å². The molecule has 4 heteroatoms. The van der Waals surface area contributed by atoms with Gasteiger partial charge in [-0.25, -0.2) is 0 Å². The van der Waals surface area contributed by atoms with Gasteiger partial charge in [0.25, 0.3) is 0 Å². The smallest absolute Gasteiger partial charge is 0.240 e. The fourth-order valence-electron chi connectivity index (χ4n) is 2.10. The predicted molar refractivity (Wildman–Crippen MR) is 83.5 cm³/mol. The third kappa shape index (κ3) is 6.24. The maximum absolute atomic E-state index is 12.0. The van der Waals surface area contributed by atoms with Crippen molar-refractivity contribution in [3.63, 3.8) is 0 Å². The molecule has 0 aliphatic rings. The van der Waals surface area contributed by atoms with Crippen LogP contribution in [-0.2, 0) is 17.9 Å². The van der Waals surface area contributed by atoms with Crippen LogP contribution in [0.3, 0.4) is 0 Å². The number of hydrogen-bond acceptors (Lipinski definition) is 2. The van der Waals surface area contributed by atoms with E-state index in [1.54, 1.807) is 0 Å². The summed E-state index contributed by atoms with van der Waals surface area (Å²) in [6.45, 7) is 11.8. The molecule has 1 heterocycles. The first-order valence-corrected chi connectivity index (χ1v) is 7.50. The van der Waals surface area contributed by atoms with Gasteiger partial charge in [-0.2, -0.15) is 0 Å². The van der Waals surface area contributed by atoms with E-state index in [2.05, 4.69) is 51.3 Å². The molecule has 1 rings (SSSR count). The van der Waals surface area contributed by atoms with Crippen LogP contribution in [0.25, 0.3) is 0 Å². The van der Waals surface area contributed by atoms with E-state index in [9.17, 15) is 4.79 Å². The van der Waals surface area contributed by atoms with Gasteiger partial charge >= 0.3 is 0 Å². The predicted octanol–water partition coefficient (Wildman–Crippen LogP) is 2.68. The lowest BCUT2D eigenvalue weighted by molar-refractivity contribution is -0.122. The molecule has 0 aromatic carbocycles. The minimum atomic E-state index is 0.0764. The molecule has 1 amide bonds. The second-order valence-electron chi connectivity index (χ2n) is 6.49. The van der Waals surface area contributed by atoms with E-state index >= 15 is 0 Å². The Balaban J connectivity index is 2.52. The lowest BCUT2D eigenvalue weighted by Crippen LogP contribution is -2.37. The molecule has 0 radical (unpaired) electrons. The number of rotatable bonds is 7. The van der Waals surface area contributed by atoms with Gasteiger partial charge in [-0.3, -0.25) is 4.79 Å². The van der Waals surface area contributed by atoms with E-state index in [1.165, 1.54) is 0 Å². The molecule has 114 valence electrons. The third-order valence-corrected chi connectivity index (χ3v) is 3.17. The molecule has 0 saturated heterocycles. The highest BCUT2D eigenvalue weighted by Gasteiger charge is 2.12. The summed E-state index contributed by atoms with van der Waals surface area (Å²) in [4.78, 5) is 12.0. The van der Waals surface area contributed by atoms with Crippen LogP contribution in [0.15, 0.2) is 18.3 Å². The Morgan fingerprint density at radius 2 is 2.10 bits per heavy atom. The van der Waals surface area contributed by atoms with E-state index in [0.717, 1.165) is 25.1 Å². The van der Waals surface area contributed by atoms with Gasteiger partial charge in [0.2, 0.25) is 5.91 Å². The van der Waals surface area contributed by atoms with Gasteiger partial charge in [0.05, 0.1) is 0 Å². The molecular weight excluding hydrogens is 250 g/mol. The SMILES string of the molecule is CCCC(C)NC(=O)Cn1cccc1CNC(C)(C)C. The number of nitrogens with one attached hydrogen (secondary N) is 2. The Hall–Kier alpha value is -1.29. The first kappa shape index (κ1) is 16.8. The molecule has 0 bridgehead atoms. The van der Waals surface area contributed by atoms with Gasteiger partial charge in [0.15, 0.2) is 0 Å². The number of aromatic nitrogens is 1. The van der Waals surface area contributed by atoms with Crippen molar-refractivity contribution in [2.75, 3.05) is 0 Å². The second kappa shape index (κ2) is 7.48. The molecule has 1 unspecified atom stereocenters. The van der Waals surface area contributed by atoms with Gasteiger partial charge in [0.1, 0.15) is 6.54 Å². The molecule has 4 nitrogen and oxygen atoms in total. The summed E-state index contributed by atoms with van der Waals surface area (Å²) in [5, 5.41) is 6.48. The quantitative estimate of drug-likeness (QED) is 0.806. The van der Waals surface area contributed by atoms with Crippen molar-refractivity contribution in [1.29, 1.82) is 0 Å². The average molecular weight is 279 g/mol. The highest BCUT2D eigenvalue weighted by atomic mass is 16.2. The van der Waals surface area contributed by atoms with Gasteiger partial charge in [0, 0.05) is 30.0 Å². The largest absolute Gasteiger partial charge is 0.352 e. The Bertz CT molecular complexity index is 418. The summed E-state index contributed by atoms with van der Waals surface area (Å²) >= 11 is 0. The topological polar surface area (TPSA) is 46.1 Å². The number of amides is 1. The normalized spacial score (nSPS) is 13.2. The van der Waals surface area contributed by atoms with E-state index in [1.807, 2.05) is 16.8 Å². The Labute approximate surface area is 122 Å². The van der Waals surface area contributed by atoms with E-state index in [-0.39, 0.29) is 17.5 Å². The minimum absolute atomic E-state index is 0.0764. The molecule has 0 aliphatic heterocycles. The Kier molecular flexibility index (Phi) is 6.27. The van der Waals surface area contributed by atoms with Crippen molar-refractivity contribution in [3.05, 3.63) is 24.0 Å². The van der Waals surface area contributed by atoms with Crippen molar-refractivity contribution in [1.82, 2.24) is 15.2 Å². The molecule has 0 spiro atoms.